The molecule has 1 N–H and O–H groups in total. The maximum atomic E-state index is 13.2. The number of nitrogens with zero attached hydrogens (tertiary/aromatic N) is 3. The average Bonchev–Trinajstić information content (AvgIpc) is 3.33. The topological polar surface area (TPSA) is 97.6 Å². The number of benzene rings is 2. The summed E-state index contributed by atoms with van der Waals surface area (Å²) in [6, 6.07) is 16.0. The predicted octanol–water partition coefficient (Wildman–Crippen LogP) is 3.10. The lowest BCUT2D eigenvalue weighted by molar-refractivity contribution is -0.132. The molecule has 1 fully saturated rings. The zero-order chi connectivity index (χ0) is 20.4. The summed E-state index contributed by atoms with van der Waals surface area (Å²) in [5.74, 6) is 0.859. The maximum Gasteiger partial charge on any atom is 0.325 e. The lowest BCUT2D eigenvalue weighted by Gasteiger charge is -2.25. The van der Waals surface area contributed by atoms with Gasteiger partial charge in [0, 0.05) is 5.56 Å². The van der Waals surface area contributed by atoms with Gasteiger partial charge in [-0.2, -0.15) is 4.98 Å². The number of carbonyl (C=O) groups is 2. The van der Waals surface area contributed by atoms with Crippen LogP contribution in [-0.2, 0) is 16.9 Å². The zero-order valence-corrected chi connectivity index (χ0v) is 16.1. The fraction of sp³-hybridized carbons (Fsp3) is 0.238. The highest BCUT2D eigenvalue weighted by atomic mass is 16.5. The number of imide groups is 1. The standard InChI is InChI=1S/C21H20N4O4/c1-3-21(15-9-5-4-6-10-15)19(26)25(20(27)23-21)13-17-22-18(24-29-17)14-8-7-11-16(12-14)28-2/h4-12H,3,13H2,1-2H3,(H,23,27). The Bertz CT molecular complexity index is 1050. The monoisotopic (exact) mass is 392 g/mol. The van der Waals surface area contributed by atoms with E-state index in [1.807, 2.05) is 55.5 Å². The molecule has 1 saturated heterocycles. The smallest absolute Gasteiger partial charge is 0.325 e. The van der Waals surface area contributed by atoms with Gasteiger partial charge in [0.25, 0.3) is 5.91 Å². The molecule has 8 nitrogen and oxygen atoms in total. The first-order chi connectivity index (χ1) is 14.1. The third-order valence-corrected chi connectivity index (χ3v) is 5.06. The number of methoxy groups -OCH3 is 1. The van der Waals surface area contributed by atoms with Gasteiger partial charge in [-0.05, 0) is 24.1 Å². The molecule has 3 amide bonds. The Morgan fingerprint density at radius 2 is 1.93 bits per heavy atom. The van der Waals surface area contributed by atoms with Gasteiger partial charge in [-0.1, -0.05) is 54.5 Å². The maximum absolute atomic E-state index is 13.2. The van der Waals surface area contributed by atoms with Crippen molar-refractivity contribution in [1.82, 2.24) is 20.4 Å². The van der Waals surface area contributed by atoms with E-state index in [1.54, 1.807) is 13.2 Å². The van der Waals surface area contributed by atoms with Gasteiger partial charge in [0.2, 0.25) is 11.7 Å². The van der Waals surface area contributed by atoms with E-state index in [9.17, 15) is 9.59 Å². The van der Waals surface area contributed by atoms with Crippen molar-refractivity contribution in [2.75, 3.05) is 7.11 Å². The van der Waals surface area contributed by atoms with E-state index in [0.717, 1.165) is 10.5 Å². The molecule has 1 atom stereocenters. The molecule has 0 spiro atoms. The number of amides is 3. The molecular formula is C21H20N4O4. The third-order valence-electron chi connectivity index (χ3n) is 5.06. The minimum Gasteiger partial charge on any atom is -0.497 e. The van der Waals surface area contributed by atoms with Crippen LogP contribution in [0.15, 0.2) is 59.1 Å². The van der Waals surface area contributed by atoms with Crippen LogP contribution < -0.4 is 10.1 Å². The summed E-state index contributed by atoms with van der Waals surface area (Å²) >= 11 is 0. The number of rotatable bonds is 6. The van der Waals surface area contributed by atoms with Gasteiger partial charge in [-0.3, -0.25) is 9.69 Å². The van der Waals surface area contributed by atoms with Gasteiger partial charge in [0.1, 0.15) is 17.8 Å². The van der Waals surface area contributed by atoms with Gasteiger partial charge in [0.15, 0.2) is 0 Å². The molecule has 3 aromatic rings. The second-order valence-corrected chi connectivity index (χ2v) is 6.69. The summed E-state index contributed by atoms with van der Waals surface area (Å²) < 4.78 is 10.5. The number of aromatic nitrogens is 2. The molecular weight excluding hydrogens is 372 g/mol. The van der Waals surface area contributed by atoms with Crippen LogP contribution in [0.4, 0.5) is 4.79 Å². The van der Waals surface area contributed by atoms with Crippen molar-refractivity contribution in [2.24, 2.45) is 0 Å². The Morgan fingerprint density at radius 1 is 1.14 bits per heavy atom. The minimum atomic E-state index is -1.09. The zero-order valence-electron chi connectivity index (χ0n) is 16.1. The molecule has 4 rings (SSSR count). The molecule has 0 radical (unpaired) electrons. The summed E-state index contributed by atoms with van der Waals surface area (Å²) in [5.41, 5.74) is 0.364. The number of hydrogen-bond donors (Lipinski definition) is 1. The van der Waals surface area contributed by atoms with Gasteiger partial charge in [-0.25, -0.2) is 4.79 Å². The van der Waals surface area contributed by atoms with Crippen molar-refractivity contribution in [3.63, 3.8) is 0 Å². The molecule has 148 valence electrons. The average molecular weight is 392 g/mol. The van der Waals surface area contributed by atoms with E-state index >= 15 is 0 Å². The van der Waals surface area contributed by atoms with E-state index in [1.165, 1.54) is 0 Å². The van der Waals surface area contributed by atoms with E-state index in [2.05, 4.69) is 15.5 Å². The van der Waals surface area contributed by atoms with Crippen molar-refractivity contribution in [1.29, 1.82) is 0 Å². The predicted molar refractivity (Wildman–Crippen MR) is 104 cm³/mol. The molecule has 0 aliphatic carbocycles. The summed E-state index contributed by atoms with van der Waals surface area (Å²) in [6.07, 6.45) is 0.428. The molecule has 1 aromatic heterocycles. The van der Waals surface area contributed by atoms with Crippen LogP contribution in [-0.4, -0.2) is 34.1 Å². The highest BCUT2D eigenvalue weighted by molar-refractivity contribution is 6.07. The first-order valence-electron chi connectivity index (χ1n) is 9.24. The molecule has 2 aromatic carbocycles. The molecule has 0 saturated carbocycles. The van der Waals surface area contributed by atoms with E-state index in [4.69, 9.17) is 9.26 Å². The molecule has 1 aliphatic heterocycles. The van der Waals surface area contributed by atoms with Gasteiger partial charge >= 0.3 is 6.03 Å². The largest absolute Gasteiger partial charge is 0.497 e. The van der Waals surface area contributed by atoms with Crippen LogP contribution in [0.25, 0.3) is 11.4 Å². The second kappa shape index (κ2) is 7.38. The Hall–Kier alpha value is -3.68. The first-order valence-corrected chi connectivity index (χ1v) is 9.24. The summed E-state index contributed by atoms with van der Waals surface area (Å²) in [7, 11) is 1.57. The molecule has 1 unspecified atom stereocenters. The Balaban J connectivity index is 1.58. The third kappa shape index (κ3) is 3.22. The van der Waals surface area contributed by atoms with Crippen molar-refractivity contribution < 1.29 is 18.8 Å². The highest BCUT2D eigenvalue weighted by Crippen LogP contribution is 2.33. The van der Waals surface area contributed by atoms with Crippen LogP contribution in [0, 0.1) is 0 Å². The quantitative estimate of drug-likeness (QED) is 0.648. The highest BCUT2D eigenvalue weighted by Gasteiger charge is 2.51. The fourth-order valence-corrected chi connectivity index (χ4v) is 3.47. The van der Waals surface area contributed by atoms with Crippen molar-refractivity contribution in [3.05, 3.63) is 66.1 Å². The number of nitrogens with one attached hydrogen (secondary N) is 1. The Kier molecular flexibility index (Phi) is 4.75. The van der Waals surface area contributed by atoms with Crippen LogP contribution in [0.1, 0.15) is 24.8 Å². The van der Waals surface area contributed by atoms with Crippen LogP contribution in [0.3, 0.4) is 0 Å². The van der Waals surface area contributed by atoms with E-state index < -0.39 is 11.6 Å². The van der Waals surface area contributed by atoms with Crippen LogP contribution in [0.2, 0.25) is 0 Å². The molecule has 1 aliphatic rings. The Morgan fingerprint density at radius 3 is 2.66 bits per heavy atom. The lowest BCUT2D eigenvalue weighted by atomic mass is 9.87. The number of hydrogen-bond acceptors (Lipinski definition) is 6. The minimum absolute atomic E-state index is 0.101. The molecule has 0 bridgehead atoms. The van der Waals surface area contributed by atoms with E-state index in [-0.39, 0.29) is 18.3 Å². The van der Waals surface area contributed by atoms with E-state index in [0.29, 0.717) is 23.6 Å². The number of carbonyl (C=O) groups excluding carboxylic acids is 2. The lowest BCUT2D eigenvalue weighted by Crippen LogP contribution is -2.43. The normalized spacial score (nSPS) is 18.8. The van der Waals surface area contributed by atoms with Crippen LogP contribution in [0.5, 0.6) is 5.75 Å². The molecule has 29 heavy (non-hydrogen) atoms. The number of urea groups is 1. The van der Waals surface area contributed by atoms with Gasteiger partial charge < -0.3 is 14.6 Å². The van der Waals surface area contributed by atoms with Crippen LogP contribution >= 0.6 is 0 Å². The van der Waals surface area contributed by atoms with Gasteiger partial charge in [-0.15, -0.1) is 0 Å². The van der Waals surface area contributed by atoms with Crippen molar-refractivity contribution in [3.8, 4) is 17.1 Å². The summed E-state index contributed by atoms with van der Waals surface area (Å²) in [5, 5.41) is 6.80. The summed E-state index contributed by atoms with van der Waals surface area (Å²) in [4.78, 5) is 31.2. The van der Waals surface area contributed by atoms with Gasteiger partial charge in [0.05, 0.1) is 7.11 Å². The van der Waals surface area contributed by atoms with Crippen molar-refractivity contribution in [2.45, 2.75) is 25.4 Å². The fourth-order valence-electron chi connectivity index (χ4n) is 3.47. The second-order valence-electron chi connectivity index (χ2n) is 6.69. The number of ether oxygens (including phenoxy) is 1. The molecule has 8 heteroatoms. The SMILES string of the molecule is CCC1(c2ccccc2)NC(=O)N(Cc2nc(-c3cccc(OC)c3)no2)C1=O. The Labute approximate surface area is 167 Å². The molecule has 2 heterocycles. The summed E-state index contributed by atoms with van der Waals surface area (Å²) in [6.45, 7) is 1.76. The van der Waals surface area contributed by atoms with Crippen molar-refractivity contribution >= 4 is 11.9 Å². The first kappa shape index (κ1) is 18.7.